The maximum absolute atomic E-state index is 13.5. The molecule has 0 amide bonds. The lowest BCUT2D eigenvalue weighted by atomic mass is 10.2. The quantitative estimate of drug-likeness (QED) is 0.613. The highest BCUT2D eigenvalue weighted by molar-refractivity contribution is 5.87. The van der Waals surface area contributed by atoms with Crippen LogP contribution in [0.25, 0.3) is 11.0 Å². The highest BCUT2D eigenvalue weighted by Crippen LogP contribution is 2.38. The Morgan fingerprint density at radius 1 is 1.00 bits per heavy atom. The standard InChI is InChI=1S/C19H11F3O8/c20-19(21,22)17-16(29-10-3-1-9(2-4-10)18(26)27)15(25)12-6-5-11(7-13(12)30-17)28-8-14(23)24/h1-7H,8H2,(H,23,24)(H,26,27). The van der Waals surface area contributed by atoms with E-state index in [1.165, 1.54) is 6.07 Å². The van der Waals surface area contributed by atoms with E-state index in [2.05, 4.69) is 0 Å². The molecule has 0 aliphatic heterocycles. The van der Waals surface area contributed by atoms with Crippen LogP contribution in [-0.4, -0.2) is 28.8 Å². The Balaban J connectivity index is 2.09. The summed E-state index contributed by atoms with van der Waals surface area (Å²) in [7, 11) is 0. The van der Waals surface area contributed by atoms with Gasteiger partial charge in [-0.25, -0.2) is 9.59 Å². The minimum atomic E-state index is -5.10. The first kappa shape index (κ1) is 20.7. The van der Waals surface area contributed by atoms with Crippen LogP contribution in [0.2, 0.25) is 0 Å². The van der Waals surface area contributed by atoms with Gasteiger partial charge in [-0.1, -0.05) is 0 Å². The van der Waals surface area contributed by atoms with E-state index in [0.29, 0.717) is 0 Å². The number of fused-ring (bicyclic) bond motifs is 1. The van der Waals surface area contributed by atoms with Gasteiger partial charge in [0.05, 0.1) is 10.9 Å². The molecule has 0 aliphatic rings. The van der Waals surface area contributed by atoms with Crippen molar-refractivity contribution in [3.63, 3.8) is 0 Å². The molecule has 11 heteroatoms. The largest absolute Gasteiger partial charge is 0.482 e. The van der Waals surface area contributed by atoms with Crippen LogP contribution < -0.4 is 14.9 Å². The molecule has 0 atom stereocenters. The zero-order chi connectivity index (χ0) is 22.1. The van der Waals surface area contributed by atoms with Gasteiger partial charge in [-0.3, -0.25) is 4.79 Å². The fourth-order valence-corrected chi connectivity index (χ4v) is 2.45. The van der Waals surface area contributed by atoms with Gasteiger partial charge < -0.3 is 24.1 Å². The molecule has 0 saturated heterocycles. The van der Waals surface area contributed by atoms with Crippen LogP contribution in [0.5, 0.6) is 17.2 Å². The van der Waals surface area contributed by atoms with Gasteiger partial charge in [0.2, 0.25) is 11.2 Å². The summed E-state index contributed by atoms with van der Waals surface area (Å²) in [5.74, 6) is -5.71. The van der Waals surface area contributed by atoms with Gasteiger partial charge in [-0.05, 0) is 36.4 Å². The zero-order valence-corrected chi connectivity index (χ0v) is 14.7. The maximum atomic E-state index is 13.5. The van der Waals surface area contributed by atoms with Crippen molar-refractivity contribution in [3.05, 3.63) is 64.0 Å². The first-order chi connectivity index (χ1) is 14.1. The molecule has 3 aromatic rings. The Kier molecular flexibility index (Phi) is 5.37. The van der Waals surface area contributed by atoms with E-state index in [-0.39, 0.29) is 22.4 Å². The number of carbonyl (C=O) groups is 2. The summed E-state index contributed by atoms with van der Waals surface area (Å²) in [6.45, 7) is -0.741. The van der Waals surface area contributed by atoms with Gasteiger partial charge >= 0.3 is 18.1 Å². The Hall–Kier alpha value is -4.02. The second-order valence-corrected chi connectivity index (χ2v) is 5.86. The lowest BCUT2D eigenvalue weighted by Gasteiger charge is -2.13. The van der Waals surface area contributed by atoms with Crippen molar-refractivity contribution < 1.29 is 46.9 Å². The molecular formula is C19H11F3O8. The summed E-state index contributed by atoms with van der Waals surface area (Å²) in [6.07, 6.45) is -5.10. The Labute approximate surface area is 164 Å². The molecule has 0 aliphatic carbocycles. The number of carboxylic acids is 2. The summed E-state index contributed by atoms with van der Waals surface area (Å²) in [4.78, 5) is 34.1. The van der Waals surface area contributed by atoms with Crippen molar-refractivity contribution in [2.45, 2.75) is 6.18 Å². The lowest BCUT2D eigenvalue weighted by molar-refractivity contribution is -0.154. The third-order valence-corrected chi connectivity index (χ3v) is 3.76. The van der Waals surface area contributed by atoms with Crippen LogP contribution in [0, 0.1) is 0 Å². The number of alkyl halides is 3. The molecule has 0 unspecified atom stereocenters. The molecule has 1 heterocycles. The second-order valence-electron chi connectivity index (χ2n) is 5.86. The lowest BCUT2D eigenvalue weighted by Crippen LogP contribution is -2.15. The van der Waals surface area contributed by atoms with Crippen LogP contribution in [-0.2, 0) is 11.0 Å². The number of rotatable bonds is 6. The van der Waals surface area contributed by atoms with Crippen LogP contribution in [0.4, 0.5) is 13.2 Å². The van der Waals surface area contributed by atoms with Crippen molar-refractivity contribution in [2.24, 2.45) is 0 Å². The minimum absolute atomic E-state index is 0.112. The molecule has 30 heavy (non-hydrogen) atoms. The van der Waals surface area contributed by atoms with Gasteiger partial charge in [0.15, 0.2) is 6.61 Å². The molecule has 2 aromatic carbocycles. The maximum Gasteiger partial charge on any atom is 0.453 e. The van der Waals surface area contributed by atoms with Crippen LogP contribution in [0.15, 0.2) is 51.7 Å². The first-order valence-electron chi connectivity index (χ1n) is 8.10. The van der Waals surface area contributed by atoms with E-state index in [9.17, 15) is 27.6 Å². The van der Waals surface area contributed by atoms with Crippen molar-refractivity contribution in [1.29, 1.82) is 0 Å². The first-order valence-corrected chi connectivity index (χ1v) is 8.10. The van der Waals surface area contributed by atoms with Gasteiger partial charge in [0.1, 0.15) is 17.1 Å². The normalized spacial score (nSPS) is 11.3. The molecule has 0 bridgehead atoms. The van der Waals surface area contributed by atoms with Gasteiger partial charge in [-0.15, -0.1) is 0 Å². The third-order valence-electron chi connectivity index (χ3n) is 3.76. The monoisotopic (exact) mass is 424 g/mol. The number of aliphatic carboxylic acids is 1. The van der Waals surface area contributed by atoms with E-state index < -0.39 is 47.2 Å². The van der Waals surface area contributed by atoms with E-state index in [1.54, 1.807) is 0 Å². The molecule has 0 fully saturated rings. The zero-order valence-electron chi connectivity index (χ0n) is 14.7. The molecule has 1 aromatic heterocycles. The predicted octanol–water partition coefficient (Wildman–Crippen LogP) is 3.77. The van der Waals surface area contributed by atoms with Crippen molar-refractivity contribution in [3.8, 4) is 17.2 Å². The smallest absolute Gasteiger partial charge is 0.453 e. The number of aromatic carboxylic acids is 1. The van der Waals surface area contributed by atoms with Gasteiger partial charge in [0, 0.05) is 6.07 Å². The van der Waals surface area contributed by atoms with Crippen molar-refractivity contribution >= 4 is 22.9 Å². The number of ether oxygens (including phenoxy) is 2. The van der Waals surface area contributed by atoms with E-state index in [1.807, 2.05) is 0 Å². The highest BCUT2D eigenvalue weighted by Gasteiger charge is 2.40. The Morgan fingerprint density at radius 2 is 1.63 bits per heavy atom. The summed E-state index contributed by atoms with van der Waals surface area (Å²) in [5, 5.41) is 17.2. The van der Waals surface area contributed by atoms with Crippen LogP contribution in [0.1, 0.15) is 16.1 Å². The summed E-state index contributed by atoms with van der Waals surface area (Å²) in [5.41, 5.74) is -1.74. The SMILES string of the molecule is O=C(O)COc1ccc2c(=O)c(Oc3ccc(C(=O)O)cc3)c(C(F)(F)F)oc2c1. The van der Waals surface area contributed by atoms with E-state index in [0.717, 1.165) is 36.4 Å². The van der Waals surface area contributed by atoms with Crippen LogP contribution in [0.3, 0.4) is 0 Å². The molecule has 156 valence electrons. The number of carboxylic acid groups (broad SMARTS) is 2. The summed E-state index contributed by atoms with van der Waals surface area (Å²) in [6, 6.07) is 7.64. The summed E-state index contributed by atoms with van der Waals surface area (Å²) >= 11 is 0. The average Bonchev–Trinajstić information content (AvgIpc) is 2.67. The molecule has 2 N–H and O–H groups in total. The molecule has 3 rings (SSSR count). The highest BCUT2D eigenvalue weighted by atomic mass is 19.4. The number of halogens is 3. The van der Waals surface area contributed by atoms with Gasteiger partial charge in [0.25, 0.3) is 5.76 Å². The van der Waals surface area contributed by atoms with E-state index in [4.69, 9.17) is 24.1 Å². The Bertz CT molecular complexity index is 1180. The third kappa shape index (κ3) is 4.35. The fourth-order valence-electron chi connectivity index (χ4n) is 2.45. The summed E-state index contributed by atoms with van der Waals surface area (Å²) < 4.78 is 55.3. The topological polar surface area (TPSA) is 123 Å². The molecule has 0 radical (unpaired) electrons. The molecule has 0 spiro atoms. The predicted molar refractivity (Wildman–Crippen MR) is 94.1 cm³/mol. The molecule has 8 nitrogen and oxygen atoms in total. The molecular weight excluding hydrogens is 413 g/mol. The molecule has 0 saturated carbocycles. The van der Waals surface area contributed by atoms with Gasteiger partial charge in [-0.2, -0.15) is 13.2 Å². The van der Waals surface area contributed by atoms with E-state index >= 15 is 0 Å². The second kappa shape index (κ2) is 7.78. The van der Waals surface area contributed by atoms with Crippen LogP contribution >= 0.6 is 0 Å². The number of hydrogen-bond acceptors (Lipinski definition) is 6. The van der Waals surface area contributed by atoms with Crippen molar-refractivity contribution in [2.75, 3.05) is 6.61 Å². The van der Waals surface area contributed by atoms with Crippen molar-refractivity contribution in [1.82, 2.24) is 0 Å². The Morgan fingerprint density at radius 3 is 2.20 bits per heavy atom. The number of hydrogen-bond donors (Lipinski definition) is 2. The average molecular weight is 424 g/mol. The minimum Gasteiger partial charge on any atom is -0.482 e. The fraction of sp³-hybridized carbons (Fsp3) is 0.105. The number of benzene rings is 2.